The third-order valence-corrected chi connectivity index (χ3v) is 3.91. The molecule has 0 unspecified atom stereocenters. The Morgan fingerprint density at radius 1 is 1.20 bits per heavy atom. The van der Waals surface area contributed by atoms with E-state index in [1.165, 1.54) is 5.56 Å². The Kier molecular flexibility index (Phi) is 4.96. The average molecular weight is 332 g/mol. The van der Waals surface area contributed by atoms with Gasteiger partial charge in [-0.15, -0.1) is 0 Å². The van der Waals surface area contributed by atoms with E-state index in [0.717, 1.165) is 16.6 Å². The van der Waals surface area contributed by atoms with Gasteiger partial charge in [0, 0.05) is 16.3 Å². The van der Waals surface area contributed by atoms with Crippen LogP contribution in [0.25, 0.3) is 0 Å². The molecular weight excluding hydrogens is 314 g/mol. The van der Waals surface area contributed by atoms with Gasteiger partial charge in [0.15, 0.2) is 0 Å². The number of aromatic hydroxyl groups is 1. The van der Waals surface area contributed by atoms with Gasteiger partial charge < -0.3 is 5.11 Å². The minimum atomic E-state index is 0.230. The standard InChI is InChI=1S/C17H18BrNO/c1-3-12(2)13-4-7-16(8-5-13)19-11-14-10-15(18)6-9-17(14)20/h4-12,20H,3H2,1-2H3/t12-/m0/s1. The molecule has 20 heavy (non-hydrogen) atoms. The van der Waals surface area contributed by atoms with Gasteiger partial charge in [-0.25, -0.2) is 0 Å². The first-order valence-corrected chi connectivity index (χ1v) is 7.52. The Hall–Kier alpha value is -1.61. The van der Waals surface area contributed by atoms with Crippen molar-refractivity contribution < 1.29 is 5.11 Å². The van der Waals surface area contributed by atoms with Crippen molar-refractivity contribution in [2.75, 3.05) is 0 Å². The summed E-state index contributed by atoms with van der Waals surface area (Å²) in [6, 6.07) is 13.5. The molecule has 0 spiro atoms. The number of halogens is 1. The second kappa shape index (κ2) is 6.71. The van der Waals surface area contributed by atoms with Gasteiger partial charge in [-0.3, -0.25) is 4.99 Å². The summed E-state index contributed by atoms with van der Waals surface area (Å²) < 4.78 is 0.920. The Morgan fingerprint density at radius 3 is 2.55 bits per heavy atom. The van der Waals surface area contributed by atoms with E-state index in [4.69, 9.17) is 0 Å². The summed E-state index contributed by atoms with van der Waals surface area (Å²) in [4.78, 5) is 4.40. The minimum absolute atomic E-state index is 0.230. The molecular formula is C17H18BrNO. The molecule has 0 saturated carbocycles. The van der Waals surface area contributed by atoms with Crippen LogP contribution >= 0.6 is 15.9 Å². The van der Waals surface area contributed by atoms with Crippen LogP contribution in [0.2, 0.25) is 0 Å². The van der Waals surface area contributed by atoms with Crippen molar-refractivity contribution in [3.8, 4) is 5.75 Å². The quantitative estimate of drug-likeness (QED) is 0.745. The van der Waals surface area contributed by atoms with Gasteiger partial charge >= 0.3 is 0 Å². The van der Waals surface area contributed by atoms with E-state index in [1.807, 2.05) is 18.2 Å². The van der Waals surface area contributed by atoms with E-state index in [0.29, 0.717) is 11.5 Å². The largest absolute Gasteiger partial charge is 0.507 e. The van der Waals surface area contributed by atoms with Crippen molar-refractivity contribution >= 4 is 27.8 Å². The lowest BCUT2D eigenvalue weighted by Gasteiger charge is -2.08. The highest BCUT2D eigenvalue weighted by atomic mass is 79.9. The van der Waals surface area contributed by atoms with Crippen LogP contribution < -0.4 is 0 Å². The molecule has 2 rings (SSSR count). The van der Waals surface area contributed by atoms with E-state index in [9.17, 15) is 5.11 Å². The molecule has 0 aromatic heterocycles. The number of rotatable bonds is 4. The number of hydrogen-bond acceptors (Lipinski definition) is 2. The van der Waals surface area contributed by atoms with Crippen LogP contribution in [0.15, 0.2) is 51.9 Å². The zero-order valence-corrected chi connectivity index (χ0v) is 13.3. The smallest absolute Gasteiger partial charge is 0.124 e. The normalized spacial score (nSPS) is 12.8. The molecule has 0 heterocycles. The minimum Gasteiger partial charge on any atom is -0.507 e. The fourth-order valence-corrected chi connectivity index (χ4v) is 2.28. The lowest BCUT2D eigenvalue weighted by Crippen LogP contribution is -1.89. The van der Waals surface area contributed by atoms with Crippen molar-refractivity contribution in [3.63, 3.8) is 0 Å². The molecule has 104 valence electrons. The topological polar surface area (TPSA) is 32.6 Å². The molecule has 3 heteroatoms. The lowest BCUT2D eigenvalue weighted by atomic mass is 9.99. The fourth-order valence-electron chi connectivity index (χ4n) is 1.90. The van der Waals surface area contributed by atoms with Crippen LogP contribution in [0, 0.1) is 0 Å². The Labute approximate surface area is 128 Å². The molecule has 1 atom stereocenters. The highest BCUT2D eigenvalue weighted by Gasteiger charge is 2.02. The van der Waals surface area contributed by atoms with Crippen molar-refractivity contribution in [3.05, 3.63) is 58.1 Å². The summed E-state index contributed by atoms with van der Waals surface area (Å²) in [5.74, 6) is 0.801. The average Bonchev–Trinajstić information content (AvgIpc) is 2.48. The molecule has 1 N–H and O–H groups in total. The Bertz CT molecular complexity index is 605. The molecule has 0 radical (unpaired) electrons. The van der Waals surface area contributed by atoms with Crippen molar-refractivity contribution in [1.82, 2.24) is 0 Å². The van der Waals surface area contributed by atoms with Crippen LogP contribution in [0.1, 0.15) is 37.3 Å². The number of phenolic OH excluding ortho intramolecular Hbond substituents is 1. The molecule has 2 aromatic carbocycles. The predicted molar refractivity (Wildman–Crippen MR) is 88.2 cm³/mol. The second-order valence-corrected chi connectivity index (χ2v) is 5.78. The molecule has 2 aromatic rings. The summed E-state index contributed by atoms with van der Waals surface area (Å²) in [5.41, 5.74) is 2.92. The van der Waals surface area contributed by atoms with Crippen molar-refractivity contribution in [1.29, 1.82) is 0 Å². The zero-order valence-electron chi connectivity index (χ0n) is 11.7. The number of hydrogen-bond donors (Lipinski definition) is 1. The molecule has 0 bridgehead atoms. The second-order valence-electron chi connectivity index (χ2n) is 4.86. The van der Waals surface area contributed by atoms with Gasteiger partial charge in [0.25, 0.3) is 0 Å². The molecule has 0 aliphatic heterocycles. The molecule has 0 aliphatic carbocycles. The fraction of sp³-hybridized carbons (Fsp3) is 0.235. The SMILES string of the molecule is CC[C@H](C)c1ccc(N=Cc2cc(Br)ccc2O)cc1. The first kappa shape index (κ1) is 14.8. The summed E-state index contributed by atoms with van der Waals surface area (Å²) in [6.45, 7) is 4.41. The maximum Gasteiger partial charge on any atom is 0.124 e. The summed E-state index contributed by atoms with van der Waals surface area (Å²) >= 11 is 3.38. The number of aliphatic imine (C=N–C) groups is 1. The summed E-state index contributed by atoms with van der Waals surface area (Å²) in [7, 11) is 0. The first-order valence-electron chi connectivity index (χ1n) is 6.72. The molecule has 0 aliphatic rings. The Morgan fingerprint density at radius 2 is 1.90 bits per heavy atom. The number of phenols is 1. The van der Waals surface area contributed by atoms with Crippen LogP contribution in [0.3, 0.4) is 0 Å². The lowest BCUT2D eigenvalue weighted by molar-refractivity contribution is 0.474. The summed E-state index contributed by atoms with van der Waals surface area (Å²) in [5, 5.41) is 9.75. The monoisotopic (exact) mass is 331 g/mol. The van der Waals surface area contributed by atoms with Gasteiger partial charge in [0.05, 0.1) is 5.69 Å². The third kappa shape index (κ3) is 3.70. The summed E-state index contributed by atoms with van der Waals surface area (Å²) in [6.07, 6.45) is 2.81. The Balaban J connectivity index is 2.17. The van der Waals surface area contributed by atoms with E-state index in [-0.39, 0.29) is 5.75 Å². The van der Waals surface area contributed by atoms with Gasteiger partial charge in [-0.2, -0.15) is 0 Å². The highest BCUT2D eigenvalue weighted by Crippen LogP contribution is 2.23. The van der Waals surface area contributed by atoms with E-state index in [1.54, 1.807) is 18.3 Å². The van der Waals surface area contributed by atoms with Gasteiger partial charge in [-0.1, -0.05) is 41.9 Å². The first-order chi connectivity index (χ1) is 9.60. The number of nitrogens with zero attached hydrogens (tertiary/aromatic N) is 1. The van der Waals surface area contributed by atoms with Gasteiger partial charge in [0.1, 0.15) is 5.75 Å². The van der Waals surface area contributed by atoms with Crippen LogP contribution in [0.4, 0.5) is 5.69 Å². The molecule has 0 fully saturated rings. The van der Waals surface area contributed by atoms with Crippen LogP contribution in [0.5, 0.6) is 5.75 Å². The molecule has 0 amide bonds. The van der Waals surface area contributed by atoms with Gasteiger partial charge in [-0.05, 0) is 48.2 Å². The van der Waals surface area contributed by atoms with E-state index >= 15 is 0 Å². The maximum absolute atomic E-state index is 9.75. The zero-order chi connectivity index (χ0) is 14.5. The van der Waals surface area contributed by atoms with Crippen LogP contribution in [-0.2, 0) is 0 Å². The van der Waals surface area contributed by atoms with Crippen molar-refractivity contribution in [2.45, 2.75) is 26.2 Å². The van der Waals surface area contributed by atoms with E-state index < -0.39 is 0 Å². The predicted octanol–water partition coefficient (Wildman–Crippen LogP) is 5.42. The maximum atomic E-state index is 9.75. The molecule has 2 nitrogen and oxygen atoms in total. The molecule has 0 saturated heterocycles. The van der Waals surface area contributed by atoms with Gasteiger partial charge in [0.2, 0.25) is 0 Å². The van der Waals surface area contributed by atoms with Crippen molar-refractivity contribution in [2.24, 2.45) is 4.99 Å². The van der Waals surface area contributed by atoms with Crippen LogP contribution in [-0.4, -0.2) is 11.3 Å². The third-order valence-electron chi connectivity index (χ3n) is 3.42. The number of benzene rings is 2. The highest BCUT2D eigenvalue weighted by molar-refractivity contribution is 9.10. The van der Waals surface area contributed by atoms with E-state index in [2.05, 4.69) is 46.9 Å².